The molecule has 4 heteroatoms. The molecule has 0 amide bonds. The summed E-state index contributed by atoms with van der Waals surface area (Å²) in [5, 5.41) is 0. The summed E-state index contributed by atoms with van der Waals surface area (Å²) >= 11 is 0. The Balaban J connectivity index is 0. The second-order valence-electron chi connectivity index (χ2n) is 1.90. The van der Waals surface area contributed by atoms with Gasteiger partial charge in [-0.1, -0.05) is 6.07 Å². The van der Waals surface area contributed by atoms with Gasteiger partial charge in [0.05, 0.1) is 0 Å². The molecule has 0 fully saturated rings. The van der Waals surface area contributed by atoms with Gasteiger partial charge in [0.25, 0.3) is 0 Å². The van der Waals surface area contributed by atoms with Gasteiger partial charge in [0.15, 0.2) is 0 Å². The highest BCUT2D eigenvalue weighted by Gasteiger charge is 1.85. The maximum absolute atomic E-state index is 5.33. The number of rotatable bonds is 2. The number of aromatic nitrogens is 1. The van der Waals surface area contributed by atoms with Gasteiger partial charge in [-0.2, -0.15) is 0 Å². The van der Waals surface area contributed by atoms with E-state index in [4.69, 9.17) is 5.73 Å². The molecule has 0 saturated heterocycles. The fourth-order valence-electron chi connectivity index (χ4n) is 0.713. The van der Waals surface area contributed by atoms with Crippen LogP contribution in [0.15, 0.2) is 24.5 Å². The third-order valence-electron chi connectivity index (χ3n) is 1.16. The number of pyridine rings is 1. The molecule has 0 saturated carbocycles. The molecule has 1 aromatic rings. The van der Waals surface area contributed by atoms with Crippen LogP contribution in [0.2, 0.25) is 0 Å². The lowest BCUT2D eigenvalue weighted by Gasteiger charge is -1.93. The number of hydrogen-bond acceptors (Lipinski definition) is 2. The lowest BCUT2D eigenvalue weighted by molar-refractivity contribution is 0.959. The maximum atomic E-state index is 5.33. The molecule has 0 atom stereocenters. The van der Waals surface area contributed by atoms with E-state index < -0.39 is 0 Å². The average molecular weight is 195 g/mol. The summed E-state index contributed by atoms with van der Waals surface area (Å²) in [5.74, 6) is 0. The van der Waals surface area contributed by atoms with Crippen LogP contribution in [-0.4, -0.2) is 11.5 Å². The van der Waals surface area contributed by atoms with E-state index in [-0.39, 0.29) is 24.8 Å². The summed E-state index contributed by atoms with van der Waals surface area (Å²) in [7, 11) is 0. The van der Waals surface area contributed by atoms with Gasteiger partial charge in [0.2, 0.25) is 0 Å². The van der Waals surface area contributed by atoms with Crippen LogP contribution in [0.3, 0.4) is 0 Å². The van der Waals surface area contributed by atoms with E-state index in [1.807, 2.05) is 18.3 Å². The Morgan fingerprint density at radius 2 is 2.09 bits per heavy atom. The standard InChI is InChI=1S/C7H10N2.2ClH/c8-4-3-7-2-1-5-9-6-7;;/h1-2,5-6H,3-4,8H2;2*1H. The average Bonchev–Trinajstić information content (AvgIpc) is 1.91. The summed E-state index contributed by atoms with van der Waals surface area (Å²) in [6, 6.07) is 3.95. The lowest BCUT2D eigenvalue weighted by Crippen LogP contribution is -2.02. The van der Waals surface area contributed by atoms with Gasteiger partial charge in [-0.15, -0.1) is 24.8 Å². The monoisotopic (exact) mass is 194 g/mol. The molecule has 0 aliphatic rings. The topological polar surface area (TPSA) is 38.9 Å². The van der Waals surface area contributed by atoms with Crippen molar-refractivity contribution >= 4 is 24.8 Å². The van der Waals surface area contributed by atoms with Crippen LogP contribution in [-0.2, 0) is 6.42 Å². The Kier molecular flexibility index (Phi) is 9.42. The van der Waals surface area contributed by atoms with Crippen LogP contribution in [0, 0.1) is 0 Å². The number of nitrogens with two attached hydrogens (primary N) is 1. The van der Waals surface area contributed by atoms with Crippen molar-refractivity contribution in [3.8, 4) is 0 Å². The molecule has 0 radical (unpaired) electrons. The van der Waals surface area contributed by atoms with Crippen LogP contribution in [0.4, 0.5) is 0 Å². The van der Waals surface area contributed by atoms with Crippen molar-refractivity contribution in [1.29, 1.82) is 0 Å². The molecule has 64 valence electrons. The first kappa shape index (κ1) is 13.3. The zero-order valence-electron chi connectivity index (χ0n) is 6.06. The largest absolute Gasteiger partial charge is 0.330 e. The van der Waals surface area contributed by atoms with E-state index in [1.165, 1.54) is 5.56 Å². The number of halogens is 2. The normalized spacial score (nSPS) is 7.73. The first-order valence-electron chi connectivity index (χ1n) is 3.02. The highest BCUT2D eigenvalue weighted by Crippen LogP contribution is 1.93. The summed E-state index contributed by atoms with van der Waals surface area (Å²) < 4.78 is 0. The molecule has 2 N–H and O–H groups in total. The minimum atomic E-state index is 0. The van der Waals surface area contributed by atoms with E-state index in [9.17, 15) is 0 Å². The van der Waals surface area contributed by atoms with Crippen molar-refractivity contribution in [2.45, 2.75) is 6.42 Å². The second-order valence-corrected chi connectivity index (χ2v) is 1.90. The Bertz CT molecular complexity index is 167. The Morgan fingerprint density at radius 1 is 1.36 bits per heavy atom. The maximum Gasteiger partial charge on any atom is 0.0300 e. The molecule has 0 bridgehead atoms. The Labute approximate surface area is 79.0 Å². The zero-order valence-corrected chi connectivity index (χ0v) is 7.70. The molecule has 0 aromatic carbocycles. The van der Waals surface area contributed by atoms with E-state index >= 15 is 0 Å². The van der Waals surface area contributed by atoms with Crippen LogP contribution < -0.4 is 5.73 Å². The van der Waals surface area contributed by atoms with E-state index in [0.717, 1.165) is 6.42 Å². The van der Waals surface area contributed by atoms with Crippen molar-refractivity contribution in [2.75, 3.05) is 6.54 Å². The number of nitrogens with zero attached hydrogens (tertiary/aromatic N) is 1. The van der Waals surface area contributed by atoms with E-state index in [1.54, 1.807) is 6.20 Å². The van der Waals surface area contributed by atoms with Gasteiger partial charge in [-0.3, -0.25) is 4.98 Å². The highest BCUT2D eigenvalue weighted by atomic mass is 35.5. The van der Waals surface area contributed by atoms with Gasteiger partial charge >= 0.3 is 0 Å². The third kappa shape index (κ3) is 5.01. The molecule has 1 heterocycles. The SMILES string of the molecule is Cl.Cl.NCCc1cccnc1. The van der Waals surface area contributed by atoms with Crippen molar-refractivity contribution in [1.82, 2.24) is 4.98 Å². The van der Waals surface area contributed by atoms with Gasteiger partial charge < -0.3 is 5.73 Å². The predicted molar refractivity (Wildman–Crippen MR) is 51.5 cm³/mol. The quantitative estimate of drug-likeness (QED) is 0.775. The summed E-state index contributed by atoms with van der Waals surface area (Å²) in [6.45, 7) is 0.700. The van der Waals surface area contributed by atoms with Gasteiger partial charge in [-0.25, -0.2) is 0 Å². The van der Waals surface area contributed by atoms with Crippen LogP contribution in [0.5, 0.6) is 0 Å². The van der Waals surface area contributed by atoms with Crippen molar-refractivity contribution in [3.63, 3.8) is 0 Å². The molecular formula is C7H12Cl2N2. The van der Waals surface area contributed by atoms with Crippen molar-refractivity contribution in [2.24, 2.45) is 5.73 Å². The molecule has 0 aliphatic carbocycles. The molecule has 11 heavy (non-hydrogen) atoms. The summed E-state index contributed by atoms with van der Waals surface area (Å²) in [6.07, 6.45) is 4.53. The first-order valence-corrected chi connectivity index (χ1v) is 3.02. The minimum Gasteiger partial charge on any atom is -0.330 e. The van der Waals surface area contributed by atoms with Gasteiger partial charge in [0.1, 0.15) is 0 Å². The first-order chi connectivity index (χ1) is 4.43. The Hall–Kier alpha value is -0.310. The molecule has 0 unspecified atom stereocenters. The molecule has 1 rings (SSSR count). The molecular weight excluding hydrogens is 183 g/mol. The molecule has 2 nitrogen and oxygen atoms in total. The molecule has 0 aliphatic heterocycles. The lowest BCUT2D eigenvalue weighted by atomic mass is 10.2. The van der Waals surface area contributed by atoms with Crippen LogP contribution in [0.25, 0.3) is 0 Å². The van der Waals surface area contributed by atoms with Gasteiger partial charge in [-0.05, 0) is 24.6 Å². The van der Waals surface area contributed by atoms with Crippen molar-refractivity contribution < 1.29 is 0 Å². The van der Waals surface area contributed by atoms with E-state index in [2.05, 4.69) is 4.98 Å². The predicted octanol–water partition coefficient (Wildman–Crippen LogP) is 1.43. The summed E-state index contributed by atoms with van der Waals surface area (Å²) in [4.78, 5) is 3.95. The minimum absolute atomic E-state index is 0. The fourth-order valence-corrected chi connectivity index (χ4v) is 0.713. The van der Waals surface area contributed by atoms with Gasteiger partial charge in [0, 0.05) is 12.4 Å². The fraction of sp³-hybridized carbons (Fsp3) is 0.286. The molecule has 1 aromatic heterocycles. The van der Waals surface area contributed by atoms with Crippen molar-refractivity contribution in [3.05, 3.63) is 30.1 Å². The van der Waals surface area contributed by atoms with Crippen LogP contribution >= 0.6 is 24.8 Å². The number of hydrogen-bond donors (Lipinski definition) is 1. The highest BCUT2D eigenvalue weighted by molar-refractivity contribution is 5.85. The smallest absolute Gasteiger partial charge is 0.0300 e. The third-order valence-corrected chi connectivity index (χ3v) is 1.16. The second kappa shape index (κ2) is 7.79. The van der Waals surface area contributed by atoms with E-state index in [0.29, 0.717) is 6.54 Å². The zero-order chi connectivity index (χ0) is 6.53. The van der Waals surface area contributed by atoms with Crippen LogP contribution in [0.1, 0.15) is 5.56 Å². The summed E-state index contributed by atoms with van der Waals surface area (Å²) in [5.41, 5.74) is 6.54. The Morgan fingerprint density at radius 3 is 2.55 bits per heavy atom. The molecule has 0 spiro atoms.